The average Bonchev–Trinajstić information content (AvgIpc) is 2.98. The summed E-state index contributed by atoms with van der Waals surface area (Å²) in [6, 6.07) is 18.1. The van der Waals surface area contributed by atoms with E-state index in [0.717, 1.165) is 11.3 Å². The van der Waals surface area contributed by atoms with Gasteiger partial charge in [0.1, 0.15) is 5.75 Å². The van der Waals surface area contributed by atoms with Crippen molar-refractivity contribution in [1.82, 2.24) is 15.0 Å². The van der Waals surface area contributed by atoms with Gasteiger partial charge in [-0.3, -0.25) is 9.98 Å². The van der Waals surface area contributed by atoms with Crippen molar-refractivity contribution in [3.8, 4) is 28.5 Å². The molecule has 198 valence electrons. The highest BCUT2D eigenvalue weighted by molar-refractivity contribution is 5.91. The van der Waals surface area contributed by atoms with E-state index in [-0.39, 0.29) is 28.2 Å². The molecule has 0 aliphatic rings. The van der Waals surface area contributed by atoms with Gasteiger partial charge in [0.25, 0.3) is 0 Å². The summed E-state index contributed by atoms with van der Waals surface area (Å²) in [5.74, 6) is -1.55. The first-order chi connectivity index (χ1) is 19.3. The van der Waals surface area contributed by atoms with Crippen molar-refractivity contribution in [1.29, 1.82) is 0 Å². The molecule has 3 aromatic heterocycles. The molecular formula is C31H24N4O5. The van der Waals surface area contributed by atoms with Crippen LogP contribution >= 0.6 is 0 Å². The van der Waals surface area contributed by atoms with Crippen LogP contribution in [0.1, 0.15) is 32.0 Å². The van der Waals surface area contributed by atoms with E-state index in [1.807, 2.05) is 36.4 Å². The second-order valence-electron chi connectivity index (χ2n) is 8.44. The Hall–Kier alpha value is -5.70. The normalized spacial score (nSPS) is 11.3. The third-order valence-corrected chi connectivity index (χ3v) is 5.71. The Labute approximate surface area is 230 Å². The van der Waals surface area contributed by atoms with Crippen molar-refractivity contribution >= 4 is 30.4 Å². The molecule has 1 aromatic carbocycles. The summed E-state index contributed by atoms with van der Waals surface area (Å²) in [4.78, 5) is 40.7. The number of ether oxygens (including phenoxy) is 1. The number of rotatable bonds is 10. The molecule has 0 saturated carbocycles. The molecule has 0 spiro atoms. The molecule has 0 aliphatic carbocycles. The number of aromatic carboxylic acids is 2. The SMILES string of the molecule is C=N/C(=C\C(=C)/C=C/c1ccc(OC)cc1)c1cccc(-c2cc(C(=O)O)cc(-c3cc(C(=O)O)ccn3)n2)n1. The van der Waals surface area contributed by atoms with Crippen LogP contribution in [0, 0.1) is 0 Å². The minimum atomic E-state index is -1.18. The Balaban J connectivity index is 1.67. The number of pyridine rings is 3. The molecule has 0 atom stereocenters. The predicted octanol–water partition coefficient (Wildman–Crippen LogP) is 5.92. The first kappa shape index (κ1) is 27.3. The fourth-order valence-corrected chi connectivity index (χ4v) is 3.68. The minimum absolute atomic E-state index is 0.00214. The van der Waals surface area contributed by atoms with Crippen molar-refractivity contribution in [3.63, 3.8) is 0 Å². The van der Waals surface area contributed by atoms with Gasteiger partial charge >= 0.3 is 11.9 Å². The highest BCUT2D eigenvalue weighted by Gasteiger charge is 2.15. The zero-order chi connectivity index (χ0) is 28.6. The molecule has 3 heterocycles. The number of carboxylic acid groups (broad SMARTS) is 2. The number of benzene rings is 1. The van der Waals surface area contributed by atoms with Crippen LogP contribution in [0.5, 0.6) is 5.75 Å². The van der Waals surface area contributed by atoms with Crippen LogP contribution in [0.15, 0.2) is 102 Å². The number of aromatic nitrogens is 3. The lowest BCUT2D eigenvalue weighted by Crippen LogP contribution is -2.03. The van der Waals surface area contributed by atoms with E-state index in [9.17, 15) is 19.8 Å². The predicted molar refractivity (Wildman–Crippen MR) is 153 cm³/mol. The zero-order valence-electron chi connectivity index (χ0n) is 21.5. The van der Waals surface area contributed by atoms with Crippen LogP contribution in [0.2, 0.25) is 0 Å². The number of methoxy groups -OCH3 is 1. The molecule has 0 saturated heterocycles. The van der Waals surface area contributed by atoms with Gasteiger partial charge in [-0.2, -0.15) is 0 Å². The lowest BCUT2D eigenvalue weighted by Gasteiger charge is -2.09. The van der Waals surface area contributed by atoms with Crippen molar-refractivity contribution in [3.05, 3.63) is 120 Å². The number of nitrogens with zero attached hydrogens (tertiary/aromatic N) is 4. The maximum absolute atomic E-state index is 11.9. The largest absolute Gasteiger partial charge is 0.497 e. The molecule has 9 heteroatoms. The van der Waals surface area contributed by atoms with Crippen LogP contribution in [-0.2, 0) is 0 Å². The van der Waals surface area contributed by atoms with Gasteiger partial charge < -0.3 is 14.9 Å². The van der Waals surface area contributed by atoms with Crippen LogP contribution in [0.25, 0.3) is 34.5 Å². The van der Waals surface area contributed by atoms with E-state index in [1.165, 1.54) is 30.5 Å². The van der Waals surface area contributed by atoms with E-state index in [2.05, 4.69) is 33.2 Å². The van der Waals surface area contributed by atoms with Crippen LogP contribution < -0.4 is 4.74 Å². The first-order valence-electron chi connectivity index (χ1n) is 11.9. The smallest absolute Gasteiger partial charge is 0.335 e. The molecule has 0 unspecified atom stereocenters. The van der Waals surface area contributed by atoms with Crippen LogP contribution in [0.4, 0.5) is 0 Å². The molecule has 0 fully saturated rings. The van der Waals surface area contributed by atoms with Gasteiger partial charge in [0.15, 0.2) is 0 Å². The van der Waals surface area contributed by atoms with E-state index >= 15 is 0 Å². The standard InChI is InChI=1S/C31H24N4O5/c1-19(7-8-20-9-11-23(40-3)12-10-20)15-26(32-2)24-5-4-6-25(34-24)28-17-22(31(38)39)18-29(35-28)27-16-21(30(36)37)13-14-33-27/h4-18H,1-2H2,3H3,(H,36,37)(H,38,39)/b8-7+,26-15-. The molecule has 9 nitrogen and oxygen atoms in total. The second-order valence-corrected chi connectivity index (χ2v) is 8.44. The fraction of sp³-hybridized carbons (Fsp3) is 0.0323. The van der Waals surface area contributed by atoms with E-state index in [4.69, 9.17) is 4.74 Å². The molecule has 40 heavy (non-hydrogen) atoms. The zero-order valence-corrected chi connectivity index (χ0v) is 21.5. The first-order valence-corrected chi connectivity index (χ1v) is 11.9. The maximum atomic E-state index is 11.9. The molecule has 4 rings (SSSR count). The quantitative estimate of drug-likeness (QED) is 0.190. The van der Waals surface area contributed by atoms with Crippen molar-refractivity contribution in [2.75, 3.05) is 7.11 Å². The van der Waals surface area contributed by atoms with Crippen molar-refractivity contribution in [2.45, 2.75) is 0 Å². The number of carbonyl (C=O) groups is 2. The van der Waals surface area contributed by atoms with Crippen molar-refractivity contribution < 1.29 is 24.5 Å². The Bertz CT molecular complexity index is 1670. The Morgan fingerprint density at radius 1 is 0.875 bits per heavy atom. The highest BCUT2D eigenvalue weighted by Crippen LogP contribution is 2.26. The highest BCUT2D eigenvalue weighted by atomic mass is 16.5. The molecular weight excluding hydrogens is 508 g/mol. The summed E-state index contributed by atoms with van der Waals surface area (Å²) in [5, 5.41) is 19.0. The van der Waals surface area contributed by atoms with E-state index < -0.39 is 11.9 Å². The average molecular weight is 533 g/mol. The van der Waals surface area contributed by atoms with Gasteiger partial charge in [-0.15, -0.1) is 0 Å². The van der Waals surface area contributed by atoms with E-state index in [1.54, 1.807) is 31.4 Å². The number of hydrogen-bond donors (Lipinski definition) is 2. The number of allylic oxidation sites excluding steroid dienone is 3. The molecule has 0 bridgehead atoms. The van der Waals surface area contributed by atoms with Gasteiger partial charge in [-0.1, -0.05) is 36.9 Å². The third-order valence-electron chi connectivity index (χ3n) is 5.71. The second kappa shape index (κ2) is 12.2. The minimum Gasteiger partial charge on any atom is -0.497 e. The van der Waals surface area contributed by atoms with E-state index in [0.29, 0.717) is 22.7 Å². The third kappa shape index (κ3) is 6.59. The molecule has 4 aromatic rings. The summed E-state index contributed by atoms with van der Waals surface area (Å²) in [5.41, 5.74) is 3.56. The van der Waals surface area contributed by atoms with Gasteiger partial charge in [0.2, 0.25) is 0 Å². The van der Waals surface area contributed by atoms with Gasteiger partial charge in [0.05, 0.1) is 52.4 Å². The number of aliphatic imine (C=N–C) groups is 1. The number of carboxylic acids is 2. The van der Waals surface area contributed by atoms with Gasteiger partial charge in [-0.25, -0.2) is 19.6 Å². The Kier molecular flexibility index (Phi) is 8.36. The number of hydrogen-bond acceptors (Lipinski definition) is 7. The molecule has 2 N–H and O–H groups in total. The summed E-state index contributed by atoms with van der Waals surface area (Å²) >= 11 is 0. The molecule has 0 aliphatic heterocycles. The van der Waals surface area contributed by atoms with Gasteiger partial charge in [0, 0.05) is 6.20 Å². The summed E-state index contributed by atoms with van der Waals surface area (Å²) in [6.07, 6.45) is 6.79. The molecule has 0 radical (unpaired) electrons. The van der Waals surface area contributed by atoms with Crippen LogP contribution in [0.3, 0.4) is 0 Å². The summed E-state index contributed by atoms with van der Waals surface area (Å²) in [7, 11) is 1.61. The maximum Gasteiger partial charge on any atom is 0.335 e. The lowest BCUT2D eigenvalue weighted by atomic mass is 10.1. The monoisotopic (exact) mass is 532 g/mol. The topological polar surface area (TPSA) is 135 Å². The Morgan fingerprint density at radius 2 is 1.55 bits per heavy atom. The lowest BCUT2D eigenvalue weighted by molar-refractivity contribution is 0.0686. The summed E-state index contributed by atoms with van der Waals surface area (Å²) in [6.45, 7) is 7.72. The fourth-order valence-electron chi connectivity index (χ4n) is 3.68. The molecule has 0 amide bonds. The van der Waals surface area contributed by atoms with Crippen molar-refractivity contribution in [2.24, 2.45) is 4.99 Å². The van der Waals surface area contributed by atoms with Crippen LogP contribution in [-0.4, -0.2) is 50.9 Å². The summed E-state index contributed by atoms with van der Waals surface area (Å²) < 4.78 is 5.18. The van der Waals surface area contributed by atoms with Gasteiger partial charge in [-0.05, 0) is 72.5 Å². The Morgan fingerprint density at radius 3 is 2.20 bits per heavy atom.